The fourth-order valence-electron chi connectivity index (χ4n) is 2.68. The van der Waals surface area contributed by atoms with Crippen molar-refractivity contribution in [1.82, 2.24) is 4.90 Å². The molecular formula is C16H20N2O6. The van der Waals surface area contributed by atoms with Crippen LogP contribution in [0.2, 0.25) is 0 Å². The molecule has 1 aromatic carbocycles. The predicted molar refractivity (Wildman–Crippen MR) is 84.9 cm³/mol. The lowest BCUT2D eigenvalue weighted by molar-refractivity contribution is -0.385. The molecule has 8 nitrogen and oxygen atoms in total. The summed E-state index contributed by atoms with van der Waals surface area (Å²) >= 11 is 0. The van der Waals surface area contributed by atoms with Gasteiger partial charge in [-0.2, -0.15) is 0 Å². The van der Waals surface area contributed by atoms with Gasteiger partial charge >= 0.3 is 11.7 Å². The van der Waals surface area contributed by atoms with Crippen LogP contribution in [0.3, 0.4) is 0 Å². The van der Waals surface area contributed by atoms with Crippen molar-refractivity contribution < 1.29 is 24.0 Å². The van der Waals surface area contributed by atoms with Crippen LogP contribution in [0.5, 0.6) is 5.75 Å². The number of rotatable bonds is 5. The van der Waals surface area contributed by atoms with E-state index in [0.29, 0.717) is 19.0 Å². The number of nitro groups is 1. The monoisotopic (exact) mass is 336 g/mol. The van der Waals surface area contributed by atoms with Gasteiger partial charge in [0.1, 0.15) is 0 Å². The molecule has 2 rings (SSSR count). The first kappa shape index (κ1) is 17.7. The molecule has 0 N–H and O–H groups in total. The highest BCUT2D eigenvalue weighted by Gasteiger charge is 2.23. The summed E-state index contributed by atoms with van der Waals surface area (Å²) in [5, 5.41) is 11.0. The molecule has 1 saturated heterocycles. The number of ether oxygens (including phenoxy) is 2. The van der Waals surface area contributed by atoms with E-state index in [-0.39, 0.29) is 29.5 Å². The first-order valence-corrected chi connectivity index (χ1v) is 7.69. The van der Waals surface area contributed by atoms with Crippen LogP contribution >= 0.6 is 0 Å². The number of piperidine rings is 1. The van der Waals surface area contributed by atoms with Crippen LogP contribution in [0.4, 0.5) is 5.69 Å². The van der Waals surface area contributed by atoms with E-state index in [4.69, 9.17) is 9.47 Å². The molecule has 0 radical (unpaired) electrons. The lowest BCUT2D eigenvalue weighted by Gasteiger charge is -2.30. The van der Waals surface area contributed by atoms with E-state index >= 15 is 0 Å². The number of benzene rings is 1. The third-order valence-corrected chi connectivity index (χ3v) is 3.95. The van der Waals surface area contributed by atoms with E-state index in [0.717, 1.165) is 18.9 Å². The summed E-state index contributed by atoms with van der Waals surface area (Å²) in [5.41, 5.74) is -0.328. The highest BCUT2D eigenvalue weighted by molar-refractivity contribution is 5.92. The minimum atomic E-state index is -0.779. The van der Waals surface area contributed by atoms with Gasteiger partial charge in [0.2, 0.25) is 0 Å². The quantitative estimate of drug-likeness (QED) is 0.463. The van der Waals surface area contributed by atoms with Crippen LogP contribution in [-0.2, 0) is 9.53 Å². The van der Waals surface area contributed by atoms with Crippen molar-refractivity contribution in [2.24, 2.45) is 5.92 Å². The van der Waals surface area contributed by atoms with Crippen molar-refractivity contribution in [3.8, 4) is 5.75 Å². The number of esters is 1. The fourth-order valence-corrected chi connectivity index (χ4v) is 2.68. The molecule has 0 aliphatic carbocycles. The molecule has 130 valence electrons. The molecule has 1 amide bonds. The molecular weight excluding hydrogens is 316 g/mol. The molecule has 1 fully saturated rings. The molecule has 1 aromatic rings. The van der Waals surface area contributed by atoms with Gasteiger partial charge in [-0.3, -0.25) is 14.9 Å². The average molecular weight is 336 g/mol. The Morgan fingerprint density at radius 1 is 1.42 bits per heavy atom. The lowest BCUT2D eigenvalue weighted by Crippen LogP contribution is -2.41. The van der Waals surface area contributed by atoms with Crippen molar-refractivity contribution in [2.45, 2.75) is 19.8 Å². The third kappa shape index (κ3) is 4.21. The van der Waals surface area contributed by atoms with Gasteiger partial charge in [-0.15, -0.1) is 0 Å². The summed E-state index contributed by atoms with van der Waals surface area (Å²) in [4.78, 5) is 36.1. The first-order chi connectivity index (χ1) is 11.4. The molecule has 0 unspecified atom stereocenters. The Bertz CT molecular complexity index is 645. The second-order valence-corrected chi connectivity index (χ2v) is 5.81. The molecule has 1 atom stereocenters. The summed E-state index contributed by atoms with van der Waals surface area (Å²) < 4.78 is 9.87. The maximum atomic E-state index is 12.1. The van der Waals surface area contributed by atoms with E-state index in [1.165, 1.54) is 19.2 Å². The van der Waals surface area contributed by atoms with Crippen LogP contribution in [-0.4, -0.2) is 48.5 Å². The van der Waals surface area contributed by atoms with Crippen molar-refractivity contribution in [3.63, 3.8) is 0 Å². The first-order valence-electron chi connectivity index (χ1n) is 7.69. The molecule has 0 aromatic heterocycles. The van der Waals surface area contributed by atoms with Gasteiger partial charge in [0.15, 0.2) is 12.4 Å². The van der Waals surface area contributed by atoms with Crippen LogP contribution in [0.25, 0.3) is 0 Å². The van der Waals surface area contributed by atoms with E-state index in [9.17, 15) is 19.7 Å². The highest BCUT2D eigenvalue weighted by atomic mass is 16.6. The molecule has 24 heavy (non-hydrogen) atoms. The third-order valence-electron chi connectivity index (χ3n) is 3.95. The molecule has 1 aliphatic heterocycles. The van der Waals surface area contributed by atoms with Gasteiger partial charge in [-0.1, -0.05) is 6.92 Å². The lowest BCUT2D eigenvalue weighted by atomic mass is 10.0. The number of nitrogens with zero attached hydrogens (tertiary/aromatic N) is 2. The van der Waals surface area contributed by atoms with Crippen molar-refractivity contribution in [1.29, 1.82) is 0 Å². The second kappa shape index (κ2) is 7.76. The molecule has 0 bridgehead atoms. The normalized spacial score (nSPS) is 17.2. The topological polar surface area (TPSA) is 99.0 Å². The molecule has 1 heterocycles. The number of amides is 1. The number of methoxy groups -OCH3 is 1. The summed E-state index contributed by atoms with van der Waals surface area (Å²) in [7, 11) is 1.30. The van der Waals surface area contributed by atoms with Gasteiger partial charge in [-0.25, -0.2) is 4.79 Å². The molecule has 1 aliphatic rings. The number of hydrogen-bond acceptors (Lipinski definition) is 6. The van der Waals surface area contributed by atoms with Gasteiger partial charge in [0.05, 0.1) is 17.6 Å². The van der Waals surface area contributed by atoms with Gasteiger partial charge in [-0.05, 0) is 30.9 Å². The van der Waals surface area contributed by atoms with Gasteiger partial charge in [0.25, 0.3) is 5.91 Å². The maximum Gasteiger partial charge on any atom is 0.338 e. The Labute approximate surface area is 139 Å². The van der Waals surface area contributed by atoms with Gasteiger partial charge in [0, 0.05) is 19.2 Å². The maximum absolute atomic E-state index is 12.1. The zero-order chi connectivity index (χ0) is 17.7. The van der Waals surface area contributed by atoms with Crippen LogP contribution in [0, 0.1) is 16.0 Å². The Balaban J connectivity index is 1.98. The van der Waals surface area contributed by atoms with E-state index in [1.807, 2.05) is 0 Å². The second-order valence-electron chi connectivity index (χ2n) is 5.81. The number of likely N-dealkylation sites (tertiary alicyclic amines) is 1. The fraction of sp³-hybridized carbons (Fsp3) is 0.500. The SMILES string of the molecule is COc1ccc(C(=O)OCC(=O)N2CCC[C@@H](C)C2)cc1[N+](=O)[O-]. The number of hydrogen-bond donors (Lipinski definition) is 0. The largest absolute Gasteiger partial charge is 0.490 e. The molecule has 0 saturated carbocycles. The van der Waals surface area contributed by atoms with Crippen LogP contribution in [0.1, 0.15) is 30.1 Å². The summed E-state index contributed by atoms with van der Waals surface area (Å²) in [6.07, 6.45) is 2.02. The standard InChI is InChI=1S/C16H20N2O6/c1-11-4-3-7-17(9-11)15(19)10-24-16(20)12-5-6-14(23-2)13(8-12)18(21)22/h5-6,8,11H,3-4,7,9-10H2,1-2H3/t11-/m1/s1. The number of carbonyl (C=O) groups is 2. The zero-order valence-corrected chi connectivity index (χ0v) is 13.7. The van der Waals surface area contributed by atoms with E-state index in [2.05, 4.69) is 6.92 Å². The highest BCUT2D eigenvalue weighted by Crippen LogP contribution is 2.27. The Hall–Kier alpha value is -2.64. The molecule has 8 heteroatoms. The smallest absolute Gasteiger partial charge is 0.338 e. The molecule has 0 spiro atoms. The predicted octanol–water partition coefficient (Wildman–Crippen LogP) is 2.02. The average Bonchev–Trinajstić information content (AvgIpc) is 2.58. The Morgan fingerprint density at radius 2 is 2.17 bits per heavy atom. The van der Waals surface area contributed by atoms with Crippen molar-refractivity contribution in [2.75, 3.05) is 26.8 Å². The van der Waals surface area contributed by atoms with E-state index < -0.39 is 10.9 Å². The number of nitro benzene ring substituents is 1. The van der Waals surface area contributed by atoms with E-state index in [1.54, 1.807) is 4.90 Å². The Kier molecular flexibility index (Phi) is 5.73. The number of carbonyl (C=O) groups excluding carboxylic acids is 2. The van der Waals surface area contributed by atoms with Crippen molar-refractivity contribution >= 4 is 17.6 Å². The summed E-state index contributed by atoms with van der Waals surface area (Å²) in [6.45, 7) is 3.02. The minimum Gasteiger partial charge on any atom is -0.490 e. The minimum absolute atomic E-state index is 0.00214. The zero-order valence-electron chi connectivity index (χ0n) is 13.7. The van der Waals surface area contributed by atoms with Crippen LogP contribution < -0.4 is 4.74 Å². The summed E-state index contributed by atoms with van der Waals surface area (Å²) in [5.74, 6) is -0.547. The van der Waals surface area contributed by atoms with Crippen LogP contribution in [0.15, 0.2) is 18.2 Å². The van der Waals surface area contributed by atoms with Crippen molar-refractivity contribution in [3.05, 3.63) is 33.9 Å². The summed E-state index contributed by atoms with van der Waals surface area (Å²) in [6, 6.07) is 3.76. The van der Waals surface area contributed by atoms with Gasteiger partial charge < -0.3 is 14.4 Å². The Morgan fingerprint density at radius 3 is 2.79 bits per heavy atom.